The minimum atomic E-state index is -3.67. The number of nitrogens with one attached hydrogen (secondary N) is 1. The van der Waals surface area contributed by atoms with Crippen LogP contribution in [0.3, 0.4) is 0 Å². The van der Waals surface area contributed by atoms with Crippen LogP contribution < -0.4 is 10.5 Å². The van der Waals surface area contributed by atoms with Gasteiger partial charge in [0.25, 0.3) is 0 Å². The fourth-order valence-corrected chi connectivity index (χ4v) is 2.13. The molecular formula is C8H10ClN3O2S. The molecule has 0 spiro atoms. The maximum atomic E-state index is 11.6. The number of hydrogen-bond donors (Lipinski definition) is 2. The van der Waals surface area contributed by atoms with Crippen LogP contribution in [0.2, 0.25) is 0 Å². The molecule has 0 saturated carbocycles. The molecule has 0 fully saturated rings. The number of nitrogens with two attached hydrogens (primary N) is 1. The van der Waals surface area contributed by atoms with E-state index in [4.69, 9.17) is 17.3 Å². The highest BCUT2D eigenvalue weighted by Gasteiger charge is 2.17. The van der Waals surface area contributed by atoms with Gasteiger partial charge >= 0.3 is 0 Å². The summed E-state index contributed by atoms with van der Waals surface area (Å²) in [4.78, 5) is 3.61. The average Bonchev–Trinajstić information content (AvgIpc) is 2.15. The fourth-order valence-electron chi connectivity index (χ4n) is 0.881. The molecule has 0 radical (unpaired) electrons. The summed E-state index contributed by atoms with van der Waals surface area (Å²) in [5, 5.41) is 0.195. The summed E-state index contributed by atoms with van der Waals surface area (Å²) < 4.78 is 25.5. The number of nitrogen functional groups attached to an aromatic ring is 1. The van der Waals surface area contributed by atoms with Crippen molar-refractivity contribution in [1.29, 1.82) is 0 Å². The predicted molar refractivity (Wildman–Crippen MR) is 58.8 cm³/mol. The van der Waals surface area contributed by atoms with E-state index in [2.05, 4.69) is 16.3 Å². The molecule has 5 nitrogen and oxygen atoms in total. The molecule has 0 aliphatic rings. The molecule has 0 aromatic carbocycles. The number of halogens is 1. The molecule has 0 aliphatic heterocycles. The van der Waals surface area contributed by atoms with Crippen LogP contribution in [0.4, 0.5) is 5.82 Å². The Kier molecular flexibility index (Phi) is 3.67. The number of aromatic nitrogens is 1. The van der Waals surface area contributed by atoms with Crippen molar-refractivity contribution >= 4 is 27.4 Å². The summed E-state index contributed by atoms with van der Waals surface area (Å²) >= 11 is 5.44. The molecule has 1 aromatic heterocycles. The average molecular weight is 248 g/mol. The third-order valence-corrected chi connectivity index (χ3v) is 3.13. The van der Waals surface area contributed by atoms with E-state index in [1.54, 1.807) is 0 Å². The smallest absolute Gasteiger partial charge is 0.244 e. The second-order valence-corrected chi connectivity index (χ2v) is 5.00. The lowest BCUT2D eigenvalue weighted by atomic mass is 10.5. The van der Waals surface area contributed by atoms with Gasteiger partial charge in [-0.1, -0.05) is 18.2 Å². The number of pyridine rings is 1. The molecule has 0 unspecified atom stereocenters. The molecule has 0 saturated heterocycles. The maximum absolute atomic E-state index is 11.6. The van der Waals surface area contributed by atoms with E-state index in [9.17, 15) is 8.42 Å². The molecule has 0 bridgehead atoms. The Bertz CT molecular complexity index is 473. The summed E-state index contributed by atoms with van der Waals surface area (Å²) in [5.41, 5.74) is 5.43. The summed E-state index contributed by atoms with van der Waals surface area (Å²) in [7, 11) is -3.67. The highest BCUT2D eigenvalue weighted by molar-refractivity contribution is 7.89. The molecule has 1 rings (SSSR count). The molecule has 82 valence electrons. The summed E-state index contributed by atoms with van der Waals surface area (Å²) in [6.07, 6.45) is 1.41. The van der Waals surface area contributed by atoms with Crippen LogP contribution in [0.25, 0.3) is 0 Å². The van der Waals surface area contributed by atoms with E-state index < -0.39 is 10.0 Å². The van der Waals surface area contributed by atoms with Gasteiger partial charge in [-0.15, -0.1) is 0 Å². The lowest BCUT2D eigenvalue weighted by molar-refractivity contribution is 0.585. The second kappa shape index (κ2) is 4.61. The first kappa shape index (κ1) is 12.0. The van der Waals surface area contributed by atoms with Gasteiger partial charge in [-0.25, -0.2) is 18.1 Å². The van der Waals surface area contributed by atoms with Gasteiger partial charge in [0.15, 0.2) is 0 Å². The standard InChI is InChI=1S/C8H10ClN3O2S/c1-6(9)5-12-15(13,14)7-3-2-4-11-8(7)10/h2-4,12H,1,5H2,(H2,10,11). The van der Waals surface area contributed by atoms with Crippen LogP contribution in [0.1, 0.15) is 0 Å². The Labute approximate surface area is 93.0 Å². The Hall–Kier alpha value is -1.11. The third-order valence-electron chi connectivity index (χ3n) is 1.54. The minimum Gasteiger partial charge on any atom is -0.383 e. The van der Waals surface area contributed by atoms with Crippen molar-refractivity contribution in [1.82, 2.24) is 9.71 Å². The highest BCUT2D eigenvalue weighted by atomic mass is 35.5. The van der Waals surface area contributed by atoms with Crippen molar-refractivity contribution in [2.75, 3.05) is 12.3 Å². The van der Waals surface area contributed by atoms with E-state index in [-0.39, 0.29) is 22.3 Å². The zero-order valence-corrected chi connectivity index (χ0v) is 9.35. The first-order valence-electron chi connectivity index (χ1n) is 3.97. The van der Waals surface area contributed by atoms with Gasteiger partial charge < -0.3 is 5.73 Å². The predicted octanol–water partition coefficient (Wildman–Crippen LogP) is 0.695. The number of hydrogen-bond acceptors (Lipinski definition) is 4. The van der Waals surface area contributed by atoms with E-state index in [1.807, 2.05) is 0 Å². The van der Waals surface area contributed by atoms with E-state index in [0.29, 0.717) is 0 Å². The summed E-state index contributed by atoms with van der Waals surface area (Å²) in [6.45, 7) is 3.32. The lowest BCUT2D eigenvalue weighted by Gasteiger charge is -2.06. The lowest BCUT2D eigenvalue weighted by Crippen LogP contribution is -2.25. The van der Waals surface area contributed by atoms with Gasteiger partial charge in [-0.05, 0) is 12.1 Å². The fraction of sp³-hybridized carbons (Fsp3) is 0.125. The molecule has 1 aromatic rings. The maximum Gasteiger partial charge on any atom is 0.244 e. The largest absolute Gasteiger partial charge is 0.383 e. The van der Waals surface area contributed by atoms with Crippen molar-refractivity contribution < 1.29 is 8.42 Å². The first-order chi connectivity index (χ1) is 6.93. The Balaban J connectivity index is 2.97. The van der Waals surface area contributed by atoms with Crippen LogP contribution in [0.5, 0.6) is 0 Å². The topological polar surface area (TPSA) is 85.1 Å². The molecule has 0 amide bonds. The Morgan fingerprint density at radius 1 is 1.67 bits per heavy atom. The van der Waals surface area contributed by atoms with Crippen LogP contribution in [-0.2, 0) is 10.0 Å². The summed E-state index contributed by atoms with van der Waals surface area (Å²) in [6, 6.07) is 2.85. The van der Waals surface area contributed by atoms with Gasteiger partial charge in [0.1, 0.15) is 10.7 Å². The molecule has 7 heteroatoms. The number of sulfonamides is 1. The second-order valence-electron chi connectivity index (χ2n) is 2.73. The molecule has 15 heavy (non-hydrogen) atoms. The van der Waals surface area contributed by atoms with Crippen molar-refractivity contribution in [3.63, 3.8) is 0 Å². The summed E-state index contributed by atoms with van der Waals surface area (Å²) in [5.74, 6) is -0.0508. The molecular weight excluding hydrogens is 238 g/mol. The molecule has 1 heterocycles. The number of anilines is 1. The van der Waals surface area contributed by atoms with Gasteiger partial charge in [-0.3, -0.25) is 0 Å². The van der Waals surface area contributed by atoms with Crippen LogP contribution >= 0.6 is 11.6 Å². The van der Waals surface area contributed by atoms with Gasteiger partial charge in [-0.2, -0.15) is 0 Å². The van der Waals surface area contributed by atoms with Crippen molar-refractivity contribution in [2.24, 2.45) is 0 Å². The monoisotopic (exact) mass is 247 g/mol. The van der Waals surface area contributed by atoms with E-state index >= 15 is 0 Å². The Morgan fingerprint density at radius 3 is 2.87 bits per heavy atom. The first-order valence-corrected chi connectivity index (χ1v) is 5.83. The zero-order valence-electron chi connectivity index (χ0n) is 7.77. The van der Waals surface area contributed by atoms with Gasteiger partial charge in [0, 0.05) is 17.8 Å². The van der Waals surface area contributed by atoms with Crippen LogP contribution in [0.15, 0.2) is 34.8 Å². The Morgan fingerprint density at radius 2 is 2.33 bits per heavy atom. The third kappa shape index (κ3) is 3.19. The SMILES string of the molecule is C=C(Cl)CNS(=O)(=O)c1cccnc1N. The van der Waals surface area contributed by atoms with Crippen molar-refractivity contribution in [3.05, 3.63) is 29.9 Å². The van der Waals surface area contributed by atoms with Crippen molar-refractivity contribution in [3.8, 4) is 0 Å². The quantitative estimate of drug-likeness (QED) is 0.820. The number of rotatable bonds is 4. The van der Waals surface area contributed by atoms with Crippen LogP contribution in [-0.4, -0.2) is 19.9 Å². The van der Waals surface area contributed by atoms with Gasteiger partial charge in [0.05, 0.1) is 0 Å². The zero-order chi connectivity index (χ0) is 11.5. The van der Waals surface area contributed by atoms with Gasteiger partial charge in [0.2, 0.25) is 10.0 Å². The van der Waals surface area contributed by atoms with E-state index in [0.717, 1.165) is 0 Å². The van der Waals surface area contributed by atoms with Crippen molar-refractivity contribution in [2.45, 2.75) is 4.90 Å². The molecule has 3 N–H and O–H groups in total. The minimum absolute atomic E-state index is 0.0434. The molecule has 0 atom stereocenters. The van der Waals surface area contributed by atoms with E-state index in [1.165, 1.54) is 18.3 Å². The van der Waals surface area contributed by atoms with Crippen LogP contribution in [0, 0.1) is 0 Å². The number of nitrogens with zero attached hydrogens (tertiary/aromatic N) is 1. The molecule has 0 aliphatic carbocycles. The normalized spacial score (nSPS) is 11.3. The highest BCUT2D eigenvalue weighted by Crippen LogP contribution is 2.14.